The van der Waals surface area contributed by atoms with Crippen molar-refractivity contribution in [3.8, 4) is 0 Å². The molecule has 0 bridgehead atoms. The number of nitrogens with zero attached hydrogens (tertiary/aromatic N) is 1. The van der Waals surface area contributed by atoms with Crippen molar-refractivity contribution in [2.24, 2.45) is 0 Å². The largest absolute Gasteiger partial charge is 0.462 e. The summed E-state index contributed by atoms with van der Waals surface area (Å²) in [5.74, 6) is -0.880. The van der Waals surface area contributed by atoms with Crippen molar-refractivity contribution < 1.29 is 20.1 Å². The Balaban J connectivity index is 2.01. The Morgan fingerprint density at radius 1 is 1.36 bits per heavy atom. The topological polar surface area (TPSA) is 46.6 Å². The second-order valence-electron chi connectivity index (χ2n) is 5.55. The number of hydrogen-bond donors (Lipinski definition) is 0. The van der Waals surface area contributed by atoms with Gasteiger partial charge in [0.2, 0.25) is 5.91 Å². The molecule has 130 valence electrons. The van der Waals surface area contributed by atoms with E-state index in [-0.39, 0.29) is 18.3 Å². The highest BCUT2D eigenvalue weighted by atomic mass is 32.2. The lowest BCUT2D eigenvalue weighted by Gasteiger charge is -2.26. The summed E-state index contributed by atoms with van der Waals surface area (Å²) in [5, 5.41) is -1.39. The molecule has 2 aromatic carbocycles. The summed E-state index contributed by atoms with van der Waals surface area (Å²) in [5.41, 5.74) is 2.14. The van der Waals surface area contributed by atoms with Crippen LogP contribution >= 0.6 is 11.8 Å². The van der Waals surface area contributed by atoms with Gasteiger partial charge < -0.3 is 4.74 Å². The summed E-state index contributed by atoms with van der Waals surface area (Å²) in [6, 6.07) is 10.5. The van der Waals surface area contributed by atoms with Crippen molar-refractivity contribution in [2.45, 2.75) is 19.2 Å². The number of benzene rings is 2. The lowest BCUT2D eigenvalue weighted by atomic mass is 10.1. The van der Waals surface area contributed by atoms with E-state index in [2.05, 4.69) is 0 Å². The van der Waals surface area contributed by atoms with Crippen LogP contribution in [0.4, 0.5) is 10.1 Å². The zero-order valence-electron chi connectivity index (χ0n) is 14.9. The smallest absolute Gasteiger partial charge is 0.338 e. The van der Waals surface area contributed by atoms with E-state index in [1.807, 2.05) is 0 Å². The van der Waals surface area contributed by atoms with Crippen LogP contribution in [0, 0.1) is 12.7 Å². The molecule has 0 radical (unpaired) electrons. The molecule has 1 amide bonds. The van der Waals surface area contributed by atoms with Gasteiger partial charge >= 0.3 is 5.97 Å². The molecule has 1 aliphatic rings. The summed E-state index contributed by atoms with van der Waals surface area (Å²) in [6.07, 6.45) is 0. The number of thioether (sulfide) groups is 1. The number of esters is 1. The first-order valence-electron chi connectivity index (χ1n) is 8.37. The fraction of sp³-hybridized carbons (Fsp3) is 0.263. The van der Waals surface area contributed by atoms with E-state index in [1.165, 1.54) is 40.9 Å². The molecule has 0 spiro atoms. The molecule has 1 unspecified atom stereocenters. The molecule has 1 heterocycles. The predicted molar refractivity (Wildman–Crippen MR) is 96.2 cm³/mol. The van der Waals surface area contributed by atoms with Gasteiger partial charge in [-0.25, -0.2) is 9.18 Å². The first-order chi connectivity index (χ1) is 12.4. The number of hydrogen-bond acceptors (Lipinski definition) is 4. The average Bonchev–Trinajstić information content (AvgIpc) is 2.92. The molecule has 25 heavy (non-hydrogen) atoms. The molecule has 0 saturated carbocycles. The van der Waals surface area contributed by atoms with Crippen LogP contribution in [0.1, 0.15) is 35.1 Å². The van der Waals surface area contributed by atoms with E-state index >= 15 is 0 Å². The fourth-order valence-electron chi connectivity index (χ4n) is 2.67. The van der Waals surface area contributed by atoms with Crippen LogP contribution in [-0.2, 0) is 9.53 Å². The number of amides is 1. The molecule has 1 fully saturated rings. The van der Waals surface area contributed by atoms with Crippen molar-refractivity contribution >= 4 is 29.3 Å². The number of aryl methyl sites for hydroxylation is 1. The third kappa shape index (κ3) is 3.54. The van der Waals surface area contributed by atoms with E-state index in [1.54, 1.807) is 32.0 Å². The van der Waals surface area contributed by atoms with Crippen molar-refractivity contribution in [1.29, 1.82) is 0 Å². The minimum atomic E-state index is -1.39. The van der Waals surface area contributed by atoms with Gasteiger partial charge in [0.05, 0.1) is 19.3 Å². The van der Waals surface area contributed by atoms with Crippen LogP contribution in [0.5, 0.6) is 0 Å². The highest BCUT2D eigenvalue weighted by Gasteiger charge is 2.34. The van der Waals surface area contributed by atoms with Crippen LogP contribution < -0.4 is 4.90 Å². The Kier molecular flexibility index (Phi) is 4.70. The van der Waals surface area contributed by atoms with Crippen molar-refractivity contribution in [3.05, 3.63) is 65.0 Å². The minimum absolute atomic E-state index is 0.153. The monoisotopic (exact) mass is 360 g/mol. The molecular formula is C19H18FNO3S. The second kappa shape index (κ2) is 7.27. The van der Waals surface area contributed by atoms with Gasteiger partial charge in [0.25, 0.3) is 0 Å². The molecule has 3 rings (SSSR count). The van der Waals surface area contributed by atoms with Crippen molar-refractivity contribution in [3.63, 3.8) is 0 Å². The number of anilines is 1. The molecular weight excluding hydrogens is 341 g/mol. The number of rotatable bonds is 4. The van der Waals surface area contributed by atoms with E-state index in [4.69, 9.17) is 6.11 Å². The minimum Gasteiger partial charge on any atom is -0.462 e. The highest BCUT2D eigenvalue weighted by Crippen LogP contribution is 2.42. The van der Waals surface area contributed by atoms with Crippen LogP contribution in [0.2, 0.25) is 0 Å². The summed E-state index contributed by atoms with van der Waals surface area (Å²) < 4.78 is 27.1. The zero-order valence-corrected chi connectivity index (χ0v) is 14.7. The van der Waals surface area contributed by atoms with Crippen LogP contribution in [0.15, 0.2) is 42.5 Å². The Morgan fingerprint density at radius 3 is 2.72 bits per heavy atom. The molecule has 2 aromatic rings. The van der Waals surface area contributed by atoms with Gasteiger partial charge in [-0.3, -0.25) is 9.69 Å². The molecule has 1 atom stereocenters. The highest BCUT2D eigenvalue weighted by molar-refractivity contribution is 8.00. The standard InChI is InChI=1S/C19H18FNO3S/c1-3-24-19(23)14-6-9-16(12(2)10-14)21-17(22)11-25-18(21)13-4-7-15(20)8-5-13/h4-10,18H,3,11H2,1-2H3/i18D. The normalized spacial score (nSPS) is 20.5. The van der Waals surface area contributed by atoms with Crippen LogP contribution in [-0.4, -0.2) is 24.2 Å². The number of ether oxygens (including phenoxy) is 1. The van der Waals surface area contributed by atoms with Gasteiger partial charge in [-0.1, -0.05) is 12.1 Å². The van der Waals surface area contributed by atoms with Crippen LogP contribution in [0.25, 0.3) is 0 Å². The maximum atomic E-state index is 13.2. The average molecular weight is 360 g/mol. The zero-order chi connectivity index (χ0) is 18.9. The summed E-state index contributed by atoms with van der Waals surface area (Å²) in [6.45, 7) is 3.79. The maximum absolute atomic E-state index is 13.2. The van der Waals surface area contributed by atoms with Gasteiger partial charge in [-0.2, -0.15) is 0 Å². The Morgan fingerprint density at radius 2 is 2.08 bits per heavy atom. The van der Waals surface area contributed by atoms with Crippen molar-refractivity contribution in [2.75, 3.05) is 17.3 Å². The summed E-state index contributed by atoms with van der Waals surface area (Å²) in [7, 11) is 0. The quantitative estimate of drug-likeness (QED) is 0.771. The Labute approximate surface area is 151 Å². The van der Waals surface area contributed by atoms with Gasteiger partial charge in [-0.15, -0.1) is 11.8 Å². The summed E-state index contributed by atoms with van der Waals surface area (Å²) >= 11 is 1.17. The predicted octanol–water partition coefficient (Wildman–Crippen LogP) is 4.09. The number of carbonyl (C=O) groups excluding carboxylic acids is 2. The van der Waals surface area contributed by atoms with Crippen LogP contribution in [0.3, 0.4) is 0 Å². The molecule has 1 saturated heterocycles. The Bertz CT molecular complexity index is 858. The molecule has 0 N–H and O–H groups in total. The maximum Gasteiger partial charge on any atom is 0.338 e. The van der Waals surface area contributed by atoms with Crippen molar-refractivity contribution in [1.82, 2.24) is 0 Å². The van der Waals surface area contributed by atoms with E-state index in [0.717, 1.165) is 0 Å². The number of halogens is 1. The molecule has 1 aliphatic heterocycles. The van der Waals surface area contributed by atoms with Gasteiger partial charge in [0, 0.05) is 5.69 Å². The van der Waals surface area contributed by atoms with Gasteiger partial charge in [0.15, 0.2) is 0 Å². The fourth-order valence-corrected chi connectivity index (χ4v) is 3.69. The molecule has 6 heteroatoms. The number of carbonyl (C=O) groups is 2. The lowest BCUT2D eigenvalue weighted by molar-refractivity contribution is -0.115. The first-order valence-corrected chi connectivity index (χ1v) is 8.86. The van der Waals surface area contributed by atoms with E-state index in [0.29, 0.717) is 22.4 Å². The second-order valence-corrected chi connectivity index (χ2v) is 6.52. The lowest BCUT2D eigenvalue weighted by Crippen LogP contribution is -2.28. The van der Waals surface area contributed by atoms with E-state index < -0.39 is 17.1 Å². The van der Waals surface area contributed by atoms with E-state index in [9.17, 15) is 14.0 Å². The molecule has 4 nitrogen and oxygen atoms in total. The Hall–Kier alpha value is -2.34. The van der Waals surface area contributed by atoms with Gasteiger partial charge in [-0.05, 0) is 55.3 Å². The van der Waals surface area contributed by atoms with Gasteiger partial charge in [0.1, 0.15) is 11.2 Å². The molecule has 0 aliphatic carbocycles. The molecule has 0 aromatic heterocycles. The SMILES string of the molecule is [2H]C1(c2ccc(F)cc2)SCC(=O)N1c1ccc(C(=O)OCC)cc1C. The third-order valence-electron chi connectivity index (χ3n) is 3.82. The third-order valence-corrected chi connectivity index (χ3v) is 4.91. The first kappa shape index (κ1) is 16.1. The summed E-state index contributed by atoms with van der Waals surface area (Å²) in [4.78, 5) is 25.8.